The van der Waals surface area contributed by atoms with E-state index in [2.05, 4.69) is 46.8 Å². The van der Waals surface area contributed by atoms with E-state index in [0.717, 1.165) is 25.5 Å². The first-order valence-electron chi connectivity index (χ1n) is 5.35. The maximum Gasteiger partial charge on any atom is 0.190 e. The topological polar surface area (TPSA) is 36.4 Å². The van der Waals surface area contributed by atoms with Gasteiger partial charge in [-0.15, -0.1) is 0 Å². The molecule has 2 N–H and O–H groups in total. The lowest BCUT2D eigenvalue weighted by molar-refractivity contribution is 0.810. The second kappa shape index (κ2) is 6.87. The molecule has 0 aromatic heterocycles. The zero-order valence-electron chi connectivity index (χ0n) is 9.46. The summed E-state index contributed by atoms with van der Waals surface area (Å²) in [7, 11) is 1.79. The van der Waals surface area contributed by atoms with E-state index in [9.17, 15) is 0 Å². The highest BCUT2D eigenvalue weighted by Crippen LogP contribution is 1.97. The Hall–Kier alpha value is -1.51. The number of nitrogens with zero attached hydrogens (tertiary/aromatic N) is 1. The van der Waals surface area contributed by atoms with E-state index in [4.69, 9.17) is 0 Å². The van der Waals surface area contributed by atoms with E-state index in [-0.39, 0.29) is 0 Å². The number of hydrogen-bond donors (Lipinski definition) is 2. The highest BCUT2D eigenvalue weighted by molar-refractivity contribution is 5.79. The minimum Gasteiger partial charge on any atom is -0.357 e. The molecule has 0 unspecified atom stereocenters. The first kappa shape index (κ1) is 11.6. The Balaban J connectivity index is 2.27. The second-order valence-electron chi connectivity index (χ2n) is 3.26. The quantitative estimate of drug-likeness (QED) is 0.576. The second-order valence-corrected chi connectivity index (χ2v) is 3.26. The van der Waals surface area contributed by atoms with Gasteiger partial charge in [0, 0.05) is 20.1 Å². The van der Waals surface area contributed by atoms with Crippen LogP contribution >= 0.6 is 0 Å². The molecule has 0 fully saturated rings. The van der Waals surface area contributed by atoms with Crippen molar-refractivity contribution in [3.05, 3.63) is 35.9 Å². The van der Waals surface area contributed by atoms with E-state index >= 15 is 0 Å². The number of guanidine groups is 1. The van der Waals surface area contributed by atoms with Crippen molar-refractivity contribution in [2.75, 3.05) is 20.1 Å². The molecule has 3 nitrogen and oxygen atoms in total. The van der Waals surface area contributed by atoms with Gasteiger partial charge >= 0.3 is 0 Å². The number of aliphatic imine (C=N–C) groups is 1. The Morgan fingerprint density at radius 3 is 2.53 bits per heavy atom. The predicted molar refractivity (Wildman–Crippen MR) is 65.2 cm³/mol. The molecule has 0 aliphatic rings. The molecule has 0 saturated heterocycles. The van der Waals surface area contributed by atoms with Crippen molar-refractivity contribution in [3.8, 4) is 0 Å². The van der Waals surface area contributed by atoms with Crippen LogP contribution in [0.15, 0.2) is 35.3 Å². The minimum atomic E-state index is 0.869. The highest BCUT2D eigenvalue weighted by Gasteiger charge is 1.94. The van der Waals surface area contributed by atoms with Gasteiger partial charge in [0.1, 0.15) is 0 Å². The summed E-state index contributed by atoms with van der Waals surface area (Å²) in [6, 6.07) is 10.4. The van der Waals surface area contributed by atoms with E-state index in [1.54, 1.807) is 7.05 Å². The molecule has 3 heteroatoms. The van der Waals surface area contributed by atoms with Crippen molar-refractivity contribution in [1.82, 2.24) is 10.6 Å². The fourth-order valence-corrected chi connectivity index (χ4v) is 1.36. The molecule has 0 atom stereocenters. The van der Waals surface area contributed by atoms with E-state index in [0.29, 0.717) is 0 Å². The van der Waals surface area contributed by atoms with Gasteiger partial charge in [0.15, 0.2) is 5.96 Å². The highest BCUT2D eigenvalue weighted by atomic mass is 15.2. The zero-order valence-corrected chi connectivity index (χ0v) is 9.46. The summed E-state index contributed by atoms with van der Waals surface area (Å²) in [5.74, 6) is 0.869. The third-order valence-corrected chi connectivity index (χ3v) is 2.12. The van der Waals surface area contributed by atoms with Crippen LogP contribution in [0.4, 0.5) is 0 Å². The molecule has 0 amide bonds. The third kappa shape index (κ3) is 4.49. The lowest BCUT2D eigenvalue weighted by atomic mass is 10.1. The minimum absolute atomic E-state index is 0.869. The van der Waals surface area contributed by atoms with Crippen molar-refractivity contribution in [1.29, 1.82) is 0 Å². The van der Waals surface area contributed by atoms with Crippen molar-refractivity contribution >= 4 is 5.96 Å². The van der Waals surface area contributed by atoms with Crippen molar-refractivity contribution in [2.24, 2.45) is 4.99 Å². The Morgan fingerprint density at radius 1 is 1.20 bits per heavy atom. The number of rotatable bonds is 4. The number of benzene rings is 1. The number of hydrogen-bond acceptors (Lipinski definition) is 1. The molecule has 0 heterocycles. The average Bonchev–Trinajstić information content (AvgIpc) is 2.29. The normalized spacial score (nSPS) is 11.2. The smallest absolute Gasteiger partial charge is 0.190 e. The van der Waals surface area contributed by atoms with Gasteiger partial charge in [0.05, 0.1) is 0 Å². The summed E-state index contributed by atoms with van der Waals surface area (Å²) in [4.78, 5) is 4.10. The summed E-state index contributed by atoms with van der Waals surface area (Å²) in [5.41, 5.74) is 1.34. The molecular weight excluding hydrogens is 186 g/mol. The van der Waals surface area contributed by atoms with Crippen LogP contribution in [-0.2, 0) is 6.42 Å². The van der Waals surface area contributed by atoms with Gasteiger partial charge < -0.3 is 10.6 Å². The van der Waals surface area contributed by atoms with Gasteiger partial charge in [-0.05, 0) is 18.9 Å². The average molecular weight is 205 g/mol. The lowest BCUT2D eigenvalue weighted by Crippen LogP contribution is -2.38. The Kier molecular flexibility index (Phi) is 5.30. The summed E-state index contributed by atoms with van der Waals surface area (Å²) in [5, 5.41) is 6.42. The Labute approximate surface area is 91.6 Å². The molecule has 0 aliphatic carbocycles. The van der Waals surface area contributed by atoms with Crippen molar-refractivity contribution in [2.45, 2.75) is 13.3 Å². The zero-order chi connectivity index (χ0) is 10.9. The van der Waals surface area contributed by atoms with Crippen LogP contribution in [0.3, 0.4) is 0 Å². The fraction of sp³-hybridized carbons (Fsp3) is 0.417. The van der Waals surface area contributed by atoms with Crippen LogP contribution in [-0.4, -0.2) is 26.1 Å². The predicted octanol–water partition coefficient (Wildman–Crippen LogP) is 1.41. The largest absolute Gasteiger partial charge is 0.357 e. The van der Waals surface area contributed by atoms with Crippen molar-refractivity contribution in [3.63, 3.8) is 0 Å². The van der Waals surface area contributed by atoms with Crippen LogP contribution in [0.2, 0.25) is 0 Å². The van der Waals surface area contributed by atoms with Crippen LogP contribution in [0.5, 0.6) is 0 Å². The maximum atomic E-state index is 4.10. The molecule has 0 bridgehead atoms. The third-order valence-electron chi connectivity index (χ3n) is 2.12. The van der Waals surface area contributed by atoms with Crippen LogP contribution in [0, 0.1) is 0 Å². The molecule has 0 saturated carbocycles. The summed E-state index contributed by atoms with van der Waals surface area (Å²) < 4.78 is 0. The fourth-order valence-electron chi connectivity index (χ4n) is 1.36. The van der Waals surface area contributed by atoms with Crippen LogP contribution in [0.1, 0.15) is 12.5 Å². The number of nitrogens with one attached hydrogen (secondary N) is 2. The first-order valence-corrected chi connectivity index (χ1v) is 5.35. The molecule has 0 aliphatic heterocycles. The molecular formula is C12H19N3. The van der Waals surface area contributed by atoms with Crippen LogP contribution in [0.25, 0.3) is 0 Å². The Morgan fingerprint density at radius 2 is 1.93 bits per heavy atom. The molecule has 82 valence electrons. The van der Waals surface area contributed by atoms with E-state index < -0.39 is 0 Å². The maximum absolute atomic E-state index is 4.10. The van der Waals surface area contributed by atoms with Gasteiger partial charge in [-0.2, -0.15) is 0 Å². The standard InChI is InChI=1S/C12H19N3/c1-3-14-12(13-2)15-10-9-11-7-5-4-6-8-11/h4-8H,3,9-10H2,1-2H3,(H2,13,14,15). The molecule has 1 rings (SSSR count). The van der Waals surface area contributed by atoms with Crippen LogP contribution < -0.4 is 10.6 Å². The van der Waals surface area contributed by atoms with Gasteiger partial charge in [-0.1, -0.05) is 30.3 Å². The summed E-state index contributed by atoms with van der Waals surface area (Å²) in [6.07, 6.45) is 1.02. The first-order chi connectivity index (χ1) is 7.36. The summed E-state index contributed by atoms with van der Waals surface area (Å²) in [6.45, 7) is 3.86. The van der Waals surface area contributed by atoms with Gasteiger partial charge in [-0.3, -0.25) is 4.99 Å². The molecule has 1 aromatic rings. The van der Waals surface area contributed by atoms with E-state index in [1.165, 1.54) is 5.56 Å². The lowest BCUT2D eigenvalue weighted by Gasteiger charge is -2.09. The Bertz CT molecular complexity index is 293. The van der Waals surface area contributed by atoms with E-state index in [1.807, 2.05) is 6.07 Å². The molecule has 15 heavy (non-hydrogen) atoms. The molecule has 1 aromatic carbocycles. The van der Waals surface area contributed by atoms with Gasteiger partial charge in [0.2, 0.25) is 0 Å². The van der Waals surface area contributed by atoms with Crippen molar-refractivity contribution < 1.29 is 0 Å². The van der Waals surface area contributed by atoms with Gasteiger partial charge in [0.25, 0.3) is 0 Å². The molecule has 0 spiro atoms. The molecule has 0 radical (unpaired) electrons. The summed E-state index contributed by atoms with van der Waals surface area (Å²) >= 11 is 0. The van der Waals surface area contributed by atoms with Gasteiger partial charge in [-0.25, -0.2) is 0 Å². The monoisotopic (exact) mass is 205 g/mol. The SMILES string of the molecule is CCNC(=NC)NCCc1ccccc1.